The summed E-state index contributed by atoms with van der Waals surface area (Å²) in [4.78, 5) is 0. The van der Waals surface area contributed by atoms with Crippen LogP contribution in [0.2, 0.25) is 0 Å². The van der Waals surface area contributed by atoms with E-state index < -0.39 is 5.60 Å². The SMILES string of the molecule is CC(C)=C1c2ccccc2[C@H]2C[C@@](C)(c3ccccc3)O[C@@]12c1ccccc1. The third kappa shape index (κ3) is 2.29. The lowest BCUT2D eigenvalue weighted by atomic mass is 9.77. The highest BCUT2D eigenvalue weighted by molar-refractivity contribution is 5.85. The van der Waals surface area contributed by atoms with Crippen LogP contribution in [0.4, 0.5) is 0 Å². The first-order valence-electron chi connectivity index (χ1n) is 10.1. The molecule has 0 radical (unpaired) electrons. The van der Waals surface area contributed by atoms with E-state index in [1.54, 1.807) is 0 Å². The van der Waals surface area contributed by atoms with Crippen molar-refractivity contribution >= 4 is 5.57 Å². The lowest BCUT2D eigenvalue weighted by molar-refractivity contribution is -0.0728. The Bertz CT molecular complexity index is 1050. The van der Waals surface area contributed by atoms with Gasteiger partial charge in [0, 0.05) is 5.92 Å². The first kappa shape index (κ1) is 17.5. The molecule has 1 aliphatic carbocycles. The fourth-order valence-electron chi connectivity index (χ4n) is 5.48. The Morgan fingerprint density at radius 1 is 0.786 bits per heavy atom. The zero-order valence-electron chi connectivity index (χ0n) is 16.8. The summed E-state index contributed by atoms with van der Waals surface area (Å²) >= 11 is 0. The molecule has 0 spiro atoms. The predicted octanol–water partition coefficient (Wildman–Crippen LogP) is 6.81. The molecule has 1 heteroatoms. The molecule has 0 amide bonds. The Morgan fingerprint density at radius 2 is 1.36 bits per heavy atom. The third-order valence-corrected chi connectivity index (χ3v) is 6.53. The smallest absolute Gasteiger partial charge is 0.127 e. The largest absolute Gasteiger partial charge is 0.354 e. The molecule has 0 unspecified atom stereocenters. The van der Waals surface area contributed by atoms with Crippen LogP contribution >= 0.6 is 0 Å². The maximum absolute atomic E-state index is 7.23. The van der Waals surface area contributed by atoms with E-state index in [0.717, 1.165) is 6.42 Å². The lowest BCUT2D eigenvalue weighted by Gasteiger charge is -2.36. The molecule has 1 fully saturated rings. The summed E-state index contributed by atoms with van der Waals surface area (Å²) in [7, 11) is 0. The molecule has 1 nitrogen and oxygen atoms in total. The van der Waals surface area contributed by atoms with Crippen LogP contribution in [-0.4, -0.2) is 0 Å². The van der Waals surface area contributed by atoms with E-state index in [2.05, 4.69) is 106 Å². The van der Waals surface area contributed by atoms with Gasteiger partial charge in [0.25, 0.3) is 0 Å². The summed E-state index contributed by atoms with van der Waals surface area (Å²) in [5.41, 5.74) is 7.20. The van der Waals surface area contributed by atoms with E-state index >= 15 is 0 Å². The van der Waals surface area contributed by atoms with Crippen LogP contribution in [0.15, 0.2) is 90.5 Å². The van der Waals surface area contributed by atoms with Crippen molar-refractivity contribution in [3.05, 3.63) is 113 Å². The highest BCUT2D eigenvalue weighted by Crippen LogP contribution is 2.67. The minimum atomic E-state index is -0.436. The van der Waals surface area contributed by atoms with Gasteiger partial charge in [0.15, 0.2) is 0 Å². The maximum Gasteiger partial charge on any atom is 0.127 e. The number of ether oxygens (including phenoxy) is 1. The number of allylic oxidation sites excluding steroid dienone is 1. The Balaban J connectivity index is 1.80. The average molecular weight is 367 g/mol. The van der Waals surface area contributed by atoms with Crippen molar-refractivity contribution in [3.8, 4) is 0 Å². The Morgan fingerprint density at radius 3 is 2.00 bits per heavy atom. The van der Waals surface area contributed by atoms with Crippen molar-refractivity contribution in [1.29, 1.82) is 0 Å². The van der Waals surface area contributed by atoms with Gasteiger partial charge in [-0.05, 0) is 55.0 Å². The fraction of sp³-hybridized carbons (Fsp3) is 0.259. The number of fused-ring (bicyclic) bond motifs is 3. The van der Waals surface area contributed by atoms with E-state index in [0.29, 0.717) is 5.92 Å². The molecule has 5 rings (SSSR count). The van der Waals surface area contributed by atoms with Crippen LogP contribution in [0.25, 0.3) is 5.57 Å². The van der Waals surface area contributed by atoms with Gasteiger partial charge in [-0.15, -0.1) is 0 Å². The molecule has 28 heavy (non-hydrogen) atoms. The number of rotatable bonds is 2. The van der Waals surface area contributed by atoms with Crippen molar-refractivity contribution in [2.45, 2.75) is 44.3 Å². The van der Waals surface area contributed by atoms with Gasteiger partial charge in [-0.25, -0.2) is 0 Å². The Hall–Kier alpha value is -2.64. The standard InChI is InChI=1S/C27H26O/c1-19(2)25-23-17-11-10-16-22(23)24-18-26(3,20-12-6-4-7-13-20)28-27(24,25)21-14-8-5-9-15-21/h4-17,24H,18H2,1-3H3/t24-,26+,27-/m1/s1. The lowest BCUT2D eigenvalue weighted by Crippen LogP contribution is -2.32. The molecule has 1 heterocycles. The number of hydrogen-bond donors (Lipinski definition) is 0. The van der Waals surface area contributed by atoms with Crippen molar-refractivity contribution < 1.29 is 4.74 Å². The van der Waals surface area contributed by atoms with E-state index in [9.17, 15) is 0 Å². The monoisotopic (exact) mass is 366 g/mol. The van der Waals surface area contributed by atoms with Gasteiger partial charge in [0.2, 0.25) is 0 Å². The molecule has 1 aliphatic heterocycles. The van der Waals surface area contributed by atoms with E-state index in [1.807, 2.05) is 0 Å². The van der Waals surface area contributed by atoms with Gasteiger partial charge in [0.05, 0.1) is 5.60 Å². The second-order valence-corrected chi connectivity index (χ2v) is 8.52. The molecule has 3 atom stereocenters. The summed E-state index contributed by atoms with van der Waals surface area (Å²) in [6.07, 6.45) is 0.972. The highest BCUT2D eigenvalue weighted by atomic mass is 16.5. The van der Waals surface area contributed by atoms with E-state index in [4.69, 9.17) is 4.74 Å². The number of hydrogen-bond acceptors (Lipinski definition) is 1. The quantitative estimate of drug-likeness (QED) is 0.484. The molecule has 0 bridgehead atoms. The molecule has 2 aliphatic rings. The summed E-state index contributed by atoms with van der Waals surface area (Å²) < 4.78 is 7.23. The molecule has 0 saturated carbocycles. The second kappa shape index (κ2) is 6.18. The van der Waals surface area contributed by atoms with Gasteiger partial charge >= 0.3 is 0 Å². The van der Waals surface area contributed by atoms with Crippen molar-refractivity contribution in [2.24, 2.45) is 0 Å². The first-order chi connectivity index (χ1) is 13.6. The van der Waals surface area contributed by atoms with Crippen molar-refractivity contribution in [3.63, 3.8) is 0 Å². The normalized spacial score (nSPS) is 28.1. The zero-order chi connectivity index (χ0) is 19.4. The van der Waals surface area contributed by atoms with Crippen molar-refractivity contribution in [2.75, 3.05) is 0 Å². The van der Waals surface area contributed by atoms with Crippen LogP contribution < -0.4 is 0 Å². The van der Waals surface area contributed by atoms with E-state index in [1.165, 1.54) is 33.4 Å². The highest BCUT2D eigenvalue weighted by Gasteiger charge is 2.61. The number of benzene rings is 3. The van der Waals surface area contributed by atoms with Crippen molar-refractivity contribution in [1.82, 2.24) is 0 Å². The van der Waals surface area contributed by atoms with Crippen LogP contribution in [0.1, 0.15) is 55.4 Å². The minimum absolute atomic E-state index is 0.307. The third-order valence-electron chi connectivity index (χ3n) is 6.53. The molecule has 1 saturated heterocycles. The van der Waals surface area contributed by atoms with Crippen LogP contribution in [0.3, 0.4) is 0 Å². The average Bonchev–Trinajstić information content (AvgIpc) is 3.18. The molecule has 3 aromatic carbocycles. The van der Waals surface area contributed by atoms with Gasteiger partial charge in [-0.1, -0.05) is 90.5 Å². The molecule has 3 aromatic rings. The molecule has 140 valence electrons. The molecule has 0 aromatic heterocycles. The molecule has 0 N–H and O–H groups in total. The fourth-order valence-corrected chi connectivity index (χ4v) is 5.48. The Kier molecular flexibility index (Phi) is 3.86. The van der Waals surface area contributed by atoms with E-state index in [-0.39, 0.29) is 5.60 Å². The summed E-state index contributed by atoms with van der Waals surface area (Å²) in [5, 5.41) is 0. The van der Waals surface area contributed by atoms with Gasteiger partial charge < -0.3 is 4.74 Å². The predicted molar refractivity (Wildman–Crippen MR) is 115 cm³/mol. The first-order valence-corrected chi connectivity index (χ1v) is 10.1. The maximum atomic E-state index is 7.23. The summed E-state index contributed by atoms with van der Waals surface area (Å²) in [5.74, 6) is 0.307. The molecular weight excluding hydrogens is 340 g/mol. The molecular formula is C27H26O. The van der Waals surface area contributed by atoms with Crippen LogP contribution in [0.5, 0.6) is 0 Å². The topological polar surface area (TPSA) is 9.23 Å². The Labute approximate surface area is 167 Å². The minimum Gasteiger partial charge on any atom is -0.354 e. The van der Waals surface area contributed by atoms with Crippen LogP contribution in [0, 0.1) is 0 Å². The summed E-state index contributed by atoms with van der Waals surface area (Å²) in [6, 6.07) is 30.4. The second-order valence-electron chi connectivity index (χ2n) is 8.52. The van der Waals surface area contributed by atoms with Gasteiger partial charge in [-0.2, -0.15) is 0 Å². The van der Waals surface area contributed by atoms with Crippen LogP contribution in [-0.2, 0) is 15.9 Å². The summed E-state index contributed by atoms with van der Waals surface area (Å²) in [6.45, 7) is 6.71. The van der Waals surface area contributed by atoms with Gasteiger partial charge in [0.1, 0.15) is 5.60 Å². The zero-order valence-corrected chi connectivity index (χ0v) is 16.8. The van der Waals surface area contributed by atoms with Gasteiger partial charge in [-0.3, -0.25) is 0 Å².